The van der Waals surface area contributed by atoms with Gasteiger partial charge in [0, 0.05) is 6.07 Å². The van der Waals surface area contributed by atoms with Crippen molar-refractivity contribution in [2.75, 3.05) is 4.90 Å². The van der Waals surface area contributed by atoms with Crippen molar-refractivity contribution in [1.29, 1.82) is 0 Å². The quantitative estimate of drug-likeness (QED) is 0.475. The van der Waals surface area contributed by atoms with Crippen molar-refractivity contribution < 1.29 is 14.5 Å². The predicted molar refractivity (Wildman–Crippen MR) is 80.7 cm³/mol. The molecule has 2 aromatic rings. The highest BCUT2D eigenvalue weighted by Crippen LogP contribution is 2.35. The molecular formula is C14H6Cl2N2O4. The fourth-order valence-corrected chi connectivity index (χ4v) is 2.57. The number of halogens is 2. The predicted octanol–water partition coefficient (Wildman–Crippen LogP) is 3.70. The van der Waals surface area contributed by atoms with E-state index in [1.807, 2.05) is 0 Å². The van der Waals surface area contributed by atoms with Crippen LogP contribution in [0.3, 0.4) is 0 Å². The van der Waals surface area contributed by atoms with Crippen molar-refractivity contribution in [2.24, 2.45) is 0 Å². The summed E-state index contributed by atoms with van der Waals surface area (Å²) in [5.74, 6) is -1.40. The van der Waals surface area contributed by atoms with Crippen LogP contribution in [-0.2, 0) is 0 Å². The first-order chi connectivity index (χ1) is 10.4. The van der Waals surface area contributed by atoms with Gasteiger partial charge in [0.05, 0.1) is 26.2 Å². The van der Waals surface area contributed by atoms with Gasteiger partial charge < -0.3 is 0 Å². The highest BCUT2D eigenvalue weighted by Gasteiger charge is 2.41. The molecule has 0 unspecified atom stereocenters. The molecule has 6 nitrogen and oxygen atoms in total. The third kappa shape index (κ3) is 2.04. The SMILES string of the molecule is O=C1c2cccc([N+](=O)[O-])c2C(=O)N1c1ccc(Cl)c(Cl)c1. The lowest BCUT2D eigenvalue weighted by molar-refractivity contribution is -0.385. The summed E-state index contributed by atoms with van der Waals surface area (Å²) in [6.07, 6.45) is 0. The van der Waals surface area contributed by atoms with Crippen LogP contribution in [0.25, 0.3) is 0 Å². The molecule has 0 spiro atoms. The molecule has 0 atom stereocenters. The number of anilines is 1. The molecule has 0 radical (unpaired) electrons. The zero-order chi connectivity index (χ0) is 16.0. The zero-order valence-corrected chi connectivity index (χ0v) is 12.3. The Hall–Kier alpha value is -2.44. The lowest BCUT2D eigenvalue weighted by Gasteiger charge is -2.14. The summed E-state index contributed by atoms with van der Waals surface area (Å²) >= 11 is 11.7. The Morgan fingerprint density at radius 2 is 1.73 bits per heavy atom. The van der Waals surface area contributed by atoms with E-state index in [9.17, 15) is 19.7 Å². The number of hydrogen-bond acceptors (Lipinski definition) is 4. The summed E-state index contributed by atoms with van der Waals surface area (Å²) in [5, 5.41) is 11.5. The van der Waals surface area contributed by atoms with Gasteiger partial charge >= 0.3 is 0 Å². The monoisotopic (exact) mass is 336 g/mol. The summed E-state index contributed by atoms with van der Waals surface area (Å²) in [5.41, 5.74) is -0.429. The first kappa shape index (κ1) is 14.5. The standard InChI is InChI=1S/C14H6Cl2N2O4/c15-9-5-4-7(6-10(9)16)17-13(19)8-2-1-3-11(18(21)22)12(8)14(17)20/h1-6H. The van der Waals surface area contributed by atoms with E-state index in [2.05, 4.69) is 0 Å². The first-order valence-corrected chi connectivity index (χ1v) is 6.78. The maximum absolute atomic E-state index is 12.5. The number of nitro benzene ring substituents is 1. The largest absolute Gasteiger partial charge is 0.283 e. The van der Waals surface area contributed by atoms with Crippen molar-refractivity contribution >= 4 is 46.4 Å². The Kier molecular flexibility index (Phi) is 3.35. The number of carbonyl (C=O) groups excluding carboxylic acids is 2. The molecule has 1 heterocycles. The van der Waals surface area contributed by atoms with Crippen LogP contribution in [0, 0.1) is 10.1 Å². The average molecular weight is 337 g/mol. The Balaban J connectivity index is 2.16. The number of rotatable bonds is 2. The molecule has 0 fully saturated rings. The van der Waals surface area contributed by atoms with Gasteiger partial charge in [-0.25, -0.2) is 4.90 Å². The van der Waals surface area contributed by atoms with Gasteiger partial charge in [-0.05, 0) is 24.3 Å². The summed E-state index contributed by atoms with van der Waals surface area (Å²) < 4.78 is 0. The van der Waals surface area contributed by atoms with E-state index in [-0.39, 0.29) is 26.9 Å². The lowest BCUT2D eigenvalue weighted by atomic mass is 10.1. The fraction of sp³-hybridized carbons (Fsp3) is 0. The molecule has 0 aliphatic carbocycles. The number of carbonyl (C=O) groups is 2. The van der Waals surface area contributed by atoms with Crippen LogP contribution < -0.4 is 4.90 Å². The number of fused-ring (bicyclic) bond motifs is 1. The van der Waals surface area contributed by atoms with E-state index in [1.165, 1.54) is 36.4 Å². The van der Waals surface area contributed by atoms with E-state index in [0.717, 1.165) is 4.90 Å². The zero-order valence-electron chi connectivity index (χ0n) is 10.7. The molecule has 0 saturated heterocycles. The lowest BCUT2D eigenvalue weighted by Crippen LogP contribution is -2.29. The molecule has 2 amide bonds. The number of nitro groups is 1. The van der Waals surface area contributed by atoms with Crippen LogP contribution in [0.15, 0.2) is 36.4 Å². The molecule has 22 heavy (non-hydrogen) atoms. The number of nitrogens with zero attached hydrogens (tertiary/aromatic N) is 2. The number of imide groups is 1. The second-order valence-corrected chi connectivity index (χ2v) is 5.32. The normalized spacial score (nSPS) is 13.5. The second kappa shape index (κ2) is 5.08. The topological polar surface area (TPSA) is 80.5 Å². The molecule has 3 rings (SSSR count). The van der Waals surface area contributed by atoms with Gasteiger partial charge in [-0.1, -0.05) is 29.3 Å². The molecule has 0 bridgehead atoms. The van der Waals surface area contributed by atoms with Crippen LogP contribution in [-0.4, -0.2) is 16.7 Å². The highest BCUT2D eigenvalue weighted by molar-refractivity contribution is 6.42. The maximum atomic E-state index is 12.5. The molecule has 0 saturated carbocycles. The van der Waals surface area contributed by atoms with Gasteiger partial charge in [0.1, 0.15) is 5.56 Å². The molecule has 1 aliphatic heterocycles. The van der Waals surface area contributed by atoms with Crippen molar-refractivity contribution in [3.05, 3.63) is 67.7 Å². The molecule has 1 aliphatic rings. The van der Waals surface area contributed by atoms with Crippen LogP contribution >= 0.6 is 23.2 Å². The molecule has 110 valence electrons. The van der Waals surface area contributed by atoms with Gasteiger partial charge in [0.2, 0.25) is 0 Å². The third-order valence-corrected chi connectivity index (χ3v) is 3.99. The van der Waals surface area contributed by atoms with E-state index >= 15 is 0 Å². The molecule has 8 heteroatoms. The number of hydrogen-bond donors (Lipinski definition) is 0. The summed E-state index contributed by atoms with van der Waals surface area (Å²) in [4.78, 5) is 36.0. The molecule has 0 aromatic heterocycles. The molecular weight excluding hydrogens is 331 g/mol. The van der Waals surface area contributed by atoms with Crippen molar-refractivity contribution in [2.45, 2.75) is 0 Å². The van der Waals surface area contributed by atoms with Crippen molar-refractivity contribution in [3.63, 3.8) is 0 Å². The van der Waals surface area contributed by atoms with Crippen LogP contribution in [0.1, 0.15) is 20.7 Å². The number of amides is 2. The summed E-state index contributed by atoms with van der Waals surface area (Å²) in [7, 11) is 0. The Labute approximate surface area is 134 Å². The third-order valence-electron chi connectivity index (χ3n) is 3.25. The van der Waals surface area contributed by atoms with Crippen molar-refractivity contribution in [3.8, 4) is 0 Å². The summed E-state index contributed by atoms with van der Waals surface area (Å²) in [6.45, 7) is 0. The molecule has 2 aromatic carbocycles. The first-order valence-electron chi connectivity index (χ1n) is 6.03. The average Bonchev–Trinajstić information content (AvgIpc) is 2.74. The summed E-state index contributed by atoms with van der Waals surface area (Å²) in [6, 6.07) is 8.17. The fourth-order valence-electron chi connectivity index (χ4n) is 2.28. The van der Waals surface area contributed by atoms with E-state index in [4.69, 9.17) is 23.2 Å². The number of benzene rings is 2. The van der Waals surface area contributed by atoms with E-state index < -0.39 is 22.4 Å². The minimum absolute atomic E-state index is 0.00901. The Bertz CT molecular complexity index is 851. The maximum Gasteiger partial charge on any atom is 0.283 e. The minimum atomic E-state index is -0.759. The highest BCUT2D eigenvalue weighted by atomic mass is 35.5. The minimum Gasteiger partial charge on any atom is -0.268 e. The Morgan fingerprint density at radius 3 is 2.36 bits per heavy atom. The van der Waals surface area contributed by atoms with Crippen LogP contribution in [0.2, 0.25) is 10.0 Å². The van der Waals surface area contributed by atoms with Gasteiger partial charge in [-0.15, -0.1) is 0 Å². The van der Waals surface area contributed by atoms with Gasteiger partial charge in [0.15, 0.2) is 0 Å². The smallest absolute Gasteiger partial charge is 0.268 e. The van der Waals surface area contributed by atoms with E-state index in [1.54, 1.807) is 0 Å². The second-order valence-electron chi connectivity index (χ2n) is 4.50. The van der Waals surface area contributed by atoms with E-state index in [0.29, 0.717) is 0 Å². The van der Waals surface area contributed by atoms with Gasteiger partial charge in [-0.3, -0.25) is 19.7 Å². The van der Waals surface area contributed by atoms with Gasteiger partial charge in [0.25, 0.3) is 17.5 Å². The van der Waals surface area contributed by atoms with Crippen LogP contribution in [0.4, 0.5) is 11.4 Å². The van der Waals surface area contributed by atoms with Crippen molar-refractivity contribution in [1.82, 2.24) is 0 Å². The van der Waals surface area contributed by atoms with Gasteiger partial charge in [-0.2, -0.15) is 0 Å². The van der Waals surface area contributed by atoms with Crippen LogP contribution in [0.5, 0.6) is 0 Å². The molecule has 0 N–H and O–H groups in total. The Morgan fingerprint density at radius 1 is 1.00 bits per heavy atom.